The van der Waals surface area contributed by atoms with Gasteiger partial charge >= 0.3 is 0 Å². The molecule has 0 aromatic heterocycles. The molecule has 0 radical (unpaired) electrons. The summed E-state index contributed by atoms with van der Waals surface area (Å²) in [5, 5.41) is 0. The maximum atomic E-state index is 5.29. The highest BCUT2D eigenvalue weighted by Crippen LogP contribution is 2.26. The fourth-order valence-corrected chi connectivity index (χ4v) is 4.34. The Morgan fingerprint density at radius 1 is 1.10 bits per heavy atom. The van der Waals surface area contributed by atoms with Crippen molar-refractivity contribution in [1.29, 1.82) is 0 Å². The van der Waals surface area contributed by atoms with E-state index >= 15 is 0 Å². The Morgan fingerprint density at radius 2 is 1.75 bits per heavy atom. The molecule has 0 spiro atoms. The van der Waals surface area contributed by atoms with E-state index < -0.39 is 0 Å². The van der Waals surface area contributed by atoms with Gasteiger partial charge in [0.15, 0.2) is 0 Å². The lowest BCUT2D eigenvalue weighted by molar-refractivity contribution is -0.142. The minimum atomic E-state index is -0.0941. The predicted molar refractivity (Wildman–Crippen MR) is 88.4 cm³/mol. The molecule has 0 N–H and O–H groups in total. The van der Waals surface area contributed by atoms with Gasteiger partial charge in [-0.05, 0) is 25.0 Å². The van der Waals surface area contributed by atoms with Crippen molar-refractivity contribution >= 4 is 9.52 Å². The SMILES string of the molecule is CCCCN1C=CC=CC=C1.COC1(OC)CCC[SiH2]1. The van der Waals surface area contributed by atoms with Gasteiger partial charge in [-0.25, -0.2) is 0 Å². The van der Waals surface area contributed by atoms with Gasteiger partial charge in [0.05, 0.1) is 9.52 Å². The van der Waals surface area contributed by atoms with E-state index in [1.807, 2.05) is 12.2 Å². The van der Waals surface area contributed by atoms with Crippen LogP contribution in [0.2, 0.25) is 6.04 Å². The zero-order chi connectivity index (χ0) is 14.7. The van der Waals surface area contributed by atoms with Crippen LogP contribution in [0.25, 0.3) is 0 Å². The van der Waals surface area contributed by atoms with Crippen LogP contribution in [0.15, 0.2) is 36.7 Å². The van der Waals surface area contributed by atoms with Crippen LogP contribution in [0, 0.1) is 0 Å². The van der Waals surface area contributed by atoms with Crippen LogP contribution >= 0.6 is 0 Å². The van der Waals surface area contributed by atoms with Crippen molar-refractivity contribution in [2.24, 2.45) is 0 Å². The van der Waals surface area contributed by atoms with Crippen molar-refractivity contribution in [3.8, 4) is 0 Å². The Morgan fingerprint density at radius 3 is 2.15 bits per heavy atom. The number of allylic oxidation sites excluding steroid dienone is 4. The van der Waals surface area contributed by atoms with Crippen molar-refractivity contribution < 1.29 is 9.47 Å². The van der Waals surface area contributed by atoms with Gasteiger partial charge < -0.3 is 14.4 Å². The lowest BCUT2D eigenvalue weighted by Gasteiger charge is -2.25. The van der Waals surface area contributed by atoms with Crippen LogP contribution in [0.5, 0.6) is 0 Å². The molecular weight excluding hydrogens is 266 g/mol. The Bertz CT molecular complexity index is 311. The maximum Gasteiger partial charge on any atom is 0.144 e. The second kappa shape index (κ2) is 9.97. The van der Waals surface area contributed by atoms with Gasteiger partial charge in [0, 0.05) is 33.2 Å². The molecule has 0 atom stereocenters. The number of unbranched alkanes of at least 4 members (excludes halogenated alkanes) is 1. The van der Waals surface area contributed by atoms with E-state index in [1.165, 1.54) is 25.3 Å². The molecule has 0 unspecified atom stereocenters. The van der Waals surface area contributed by atoms with Crippen LogP contribution in [0.4, 0.5) is 0 Å². The molecule has 1 fully saturated rings. The minimum absolute atomic E-state index is 0.0833. The molecule has 2 rings (SSSR count). The molecule has 4 heteroatoms. The monoisotopic (exact) mass is 295 g/mol. The summed E-state index contributed by atoms with van der Waals surface area (Å²) in [6, 6.07) is 1.38. The third-order valence-electron chi connectivity index (χ3n) is 3.77. The molecule has 2 heterocycles. The Kier molecular flexibility index (Phi) is 8.58. The zero-order valence-electron chi connectivity index (χ0n) is 13.2. The van der Waals surface area contributed by atoms with Crippen LogP contribution in [-0.4, -0.2) is 40.6 Å². The number of nitrogens with zero attached hydrogens (tertiary/aromatic N) is 1. The van der Waals surface area contributed by atoms with Crippen LogP contribution in [0.3, 0.4) is 0 Å². The molecule has 0 saturated carbocycles. The fourth-order valence-electron chi connectivity index (χ4n) is 2.39. The summed E-state index contributed by atoms with van der Waals surface area (Å²) in [7, 11) is 3.41. The average Bonchev–Trinajstić information content (AvgIpc) is 2.83. The van der Waals surface area contributed by atoms with Gasteiger partial charge in [0.2, 0.25) is 0 Å². The molecular formula is C16H29NO2Si. The van der Waals surface area contributed by atoms with E-state index in [-0.39, 0.29) is 14.9 Å². The van der Waals surface area contributed by atoms with Crippen molar-refractivity contribution in [3.05, 3.63) is 36.7 Å². The molecule has 114 valence electrons. The summed E-state index contributed by atoms with van der Waals surface area (Å²) in [5.74, 6) is 0. The van der Waals surface area contributed by atoms with E-state index in [9.17, 15) is 0 Å². The molecule has 0 aromatic carbocycles. The number of rotatable bonds is 5. The third-order valence-corrected chi connectivity index (χ3v) is 6.31. The molecule has 0 bridgehead atoms. The fraction of sp³-hybridized carbons (Fsp3) is 0.625. The predicted octanol–water partition coefficient (Wildman–Crippen LogP) is 3.00. The summed E-state index contributed by atoms with van der Waals surface area (Å²) in [4.78, 5) is 2.21. The molecule has 0 aliphatic carbocycles. The minimum Gasteiger partial charge on any atom is -0.358 e. The summed E-state index contributed by atoms with van der Waals surface area (Å²) in [5.41, 5.74) is -0.0833. The molecule has 0 amide bonds. The van der Waals surface area contributed by atoms with Crippen molar-refractivity contribution in [2.75, 3.05) is 20.8 Å². The highest BCUT2D eigenvalue weighted by atomic mass is 28.2. The van der Waals surface area contributed by atoms with Crippen molar-refractivity contribution in [3.63, 3.8) is 0 Å². The molecule has 3 nitrogen and oxygen atoms in total. The summed E-state index contributed by atoms with van der Waals surface area (Å²) in [6.45, 7) is 3.34. The van der Waals surface area contributed by atoms with Gasteiger partial charge in [-0.15, -0.1) is 0 Å². The van der Waals surface area contributed by atoms with E-state index in [2.05, 4.69) is 36.4 Å². The zero-order valence-corrected chi connectivity index (χ0v) is 14.6. The Labute approximate surface area is 126 Å². The van der Waals surface area contributed by atoms with E-state index in [1.54, 1.807) is 14.2 Å². The first-order valence-electron chi connectivity index (χ1n) is 7.64. The van der Waals surface area contributed by atoms with Gasteiger partial charge in [-0.3, -0.25) is 0 Å². The Balaban J connectivity index is 0.000000204. The highest BCUT2D eigenvalue weighted by Gasteiger charge is 2.33. The van der Waals surface area contributed by atoms with Crippen LogP contribution in [-0.2, 0) is 9.47 Å². The van der Waals surface area contributed by atoms with Gasteiger partial charge in [0.25, 0.3) is 0 Å². The van der Waals surface area contributed by atoms with Crippen LogP contribution < -0.4 is 0 Å². The average molecular weight is 295 g/mol. The van der Waals surface area contributed by atoms with Gasteiger partial charge in [0.1, 0.15) is 5.41 Å². The van der Waals surface area contributed by atoms with Crippen molar-refractivity contribution in [1.82, 2.24) is 4.90 Å². The molecule has 2 aliphatic rings. The normalized spacial score (nSPS) is 20.9. The van der Waals surface area contributed by atoms with E-state index in [4.69, 9.17) is 9.47 Å². The quantitative estimate of drug-likeness (QED) is 0.575. The largest absolute Gasteiger partial charge is 0.358 e. The molecule has 0 aromatic rings. The highest BCUT2D eigenvalue weighted by molar-refractivity contribution is 6.40. The lowest BCUT2D eigenvalue weighted by Crippen LogP contribution is -2.35. The second-order valence-electron chi connectivity index (χ2n) is 5.19. The second-order valence-corrected chi connectivity index (χ2v) is 7.47. The molecule has 2 aliphatic heterocycles. The first-order chi connectivity index (χ1) is 9.76. The van der Waals surface area contributed by atoms with Gasteiger partial charge in [-0.2, -0.15) is 0 Å². The number of hydrogen-bond donors (Lipinski definition) is 0. The number of hydrogen-bond acceptors (Lipinski definition) is 3. The molecule has 1 saturated heterocycles. The summed E-state index contributed by atoms with van der Waals surface area (Å²) >= 11 is 0. The Hall–Kier alpha value is -0.843. The first kappa shape index (κ1) is 17.2. The maximum absolute atomic E-state index is 5.29. The smallest absolute Gasteiger partial charge is 0.144 e. The number of methoxy groups -OCH3 is 2. The summed E-state index contributed by atoms with van der Waals surface area (Å²) < 4.78 is 10.6. The van der Waals surface area contributed by atoms with E-state index in [0.29, 0.717) is 0 Å². The lowest BCUT2D eigenvalue weighted by atomic mass is 10.3. The van der Waals surface area contributed by atoms with E-state index in [0.717, 1.165) is 13.0 Å². The third kappa shape index (κ3) is 6.07. The topological polar surface area (TPSA) is 21.7 Å². The van der Waals surface area contributed by atoms with Crippen molar-refractivity contribution in [2.45, 2.75) is 44.1 Å². The number of ether oxygens (including phenoxy) is 2. The summed E-state index contributed by atoms with van der Waals surface area (Å²) in [6.07, 6.45) is 17.4. The standard InChI is InChI=1S/C10H15N.C6H14O2Si/c1-2-3-8-11-9-6-4-5-7-10-11;1-7-6(8-2)4-3-5-9-6/h4-7,9-10H,2-3,8H2,1H3;3-5,9H2,1-2H3. The molecule has 20 heavy (non-hydrogen) atoms. The first-order valence-corrected chi connectivity index (χ1v) is 9.35. The van der Waals surface area contributed by atoms with Crippen LogP contribution in [0.1, 0.15) is 32.6 Å². The van der Waals surface area contributed by atoms with Gasteiger partial charge in [-0.1, -0.05) is 38.0 Å².